The molecule has 0 aliphatic heterocycles. The zero-order chi connectivity index (χ0) is 11.4. The lowest BCUT2D eigenvalue weighted by molar-refractivity contribution is 0.343. The van der Waals surface area contributed by atoms with Gasteiger partial charge in [0.1, 0.15) is 0 Å². The molecule has 4 heteroatoms. The van der Waals surface area contributed by atoms with E-state index >= 15 is 0 Å². The highest BCUT2D eigenvalue weighted by atomic mass is 32.3. The molecule has 86 valence electrons. The molecule has 0 bridgehead atoms. The van der Waals surface area contributed by atoms with E-state index in [0.29, 0.717) is 12.0 Å². The number of hydrogen-bond donors (Lipinski definition) is 1. The Morgan fingerprint density at radius 1 is 1.29 bits per heavy atom. The molecule has 0 atom stereocenters. The highest BCUT2D eigenvalue weighted by Crippen LogP contribution is 2.36. The second-order valence-electron chi connectivity index (χ2n) is 4.30. The van der Waals surface area contributed by atoms with Crippen molar-refractivity contribution in [1.82, 2.24) is 4.90 Å². The van der Waals surface area contributed by atoms with Gasteiger partial charge in [-0.2, -0.15) is 10.2 Å². The average molecular weight is 219 g/mol. The standard InChI is InChI=1S/C10H25N3S/c1-7-9(8-2)13(3)10(11)12-14(4,5)6/h9H,7-8H2,1-6H3,(H2,11,12). The van der Waals surface area contributed by atoms with Crippen LogP contribution in [-0.4, -0.2) is 42.7 Å². The molecule has 0 heterocycles. The maximum atomic E-state index is 5.95. The van der Waals surface area contributed by atoms with Crippen LogP contribution in [0.4, 0.5) is 0 Å². The van der Waals surface area contributed by atoms with Crippen LogP contribution in [0.25, 0.3) is 0 Å². The molecule has 0 amide bonds. The fourth-order valence-electron chi connectivity index (χ4n) is 1.37. The number of guanidine groups is 1. The molecular formula is C10H25N3S. The van der Waals surface area contributed by atoms with E-state index in [-0.39, 0.29) is 0 Å². The highest BCUT2D eigenvalue weighted by molar-refractivity contribution is 8.31. The minimum absolute atomic E-state index is 0.514. The van der Waals surface area contributed by atoms with Gasteiger partial charge in [-0.3, -0.25) is 0 Å². The third-order valence-corrected chi connectivity index (χ3v) is 2.95. The molecule has 0 saturated heterocycles. The van der Waals surface area contributed by atoms with Crippen LogP contribution < -0.4 is 5.73 Å². The Morgan fingerprint density at radius 3 is 2.00 bits per heavy atom. The summed E-state index contributed by atoms with van der Waals surface area (Å²) in [6.07, 6.45) is 8.65. The summed E-state index contributed by atoms with van der Waals surface area (Å²) in [7, 11) is 1.13. The predicted molar refractivity (Wildman–Crippen MR) is 69.1 cm³/mol. The molecule has 0 saturated carbocycles. The molecule has 0 radical (unpaired) electrons. The van der Waals surface area contributed by atoms with Crippen LogP contribution in [0.2, 0.25) is 0 Å². The Hall–Kier alpha value is -0.380. The van der Waals surface area contributed by atoms with Crippen molar-refractivity contribution in [3.8, 4) is 0 Å². The van der Waals surface area contributed by atoms with Crippen LogP contribution in [0.5, 0.6) is 0 Å². The molecule has 0 aliphatic rings. The van der Waals surface area contributed by atoms with Crippen molar-refractivity contribution >= 4 is 16.2 Å². The molecule has 0 fully saturated rings. The lowest BCUT2D eigenvalue weighted by Crippen LogP contribution is -2.41. The van der Waals surface area contributed by atoms with Crippen LogP contribution in [0.1, 0.15) is 26.7 Å². The van der Waals surface area contributed by atoms with Gasteiger partial charge in [-0.1, -0.05) is 13.8 Å². The Balaban J connectivity index is 4.52. The molecule has 3 nitrogen and oxygen atoms in total. The van der Waals surface area contributed by atoms with Crippen molar-refractivity contribution in [2.75, 3.05) is 25.8 Å². The van der Waals surface area contributed by atoms with Crippen LogP contribution in [0, 0.1) is 0 Å². The first-order valence-corrected chi connectivity index (χ1v) is 7.89. The van der Waals surface area contributed by atoms with Gasteiger partial charge in [0.15, 0.2) is 0 Å². The molecule has 2 N–H and O–H groups in total. The van der Waals surface area contributed by atoms with Crippen LogP contribution >= 0.6 is 10.2 Å². The predicted octanol–water partition coefficient (Wildman–Crippen LogP) is 2.03. The molecule has 0 rings (SSSR count). The minimum Gasteiger partial charge on any atom is -0.369 e. The van der Waals surface area contributed by atoms with Crippen LogP contribution in [0.15, 0.2) is 4.40 Å². The van der Waals surface area contributed by atoms with Crippen LogP contribution in [-0.2, 0) is 0 Å². The van der Waals surface area contributed by atoms with E-state index in [1.807, 2.05) is 7.05 Å². The van der Waals surface area contributed by atoms with Gasteiger partial charge >= 0.3 is 0 Å². The fourth-order valence-corrected chi connectivity index (χ4v) is 2.06. The lowest BCUT2D eigenvalue weighted by atomic mass is 10.1. The van der Waals surface area contributed by atoms with Crippen molar-refractivity contribution in [2.45, 2.75) is 32.7 Å². The highest BCUT2D eigenvalue weighted by Gasteiger charge is 2.13. The summed E-state index contributed by atoms with van der Waals surface area (Å²) in [6, 6.07) is 0.514. The second kappa shape index (κ2) is 5.49. The molecule has 0 aliphatic carbocycles. The van der Waals surface area contributed by atoms with Gasteiger partial charge in [-0.05, 0) is 31.6 Å². The second-order valence-corrected chi connectivity index (χ2v) is 8.03. The van der Waals surface area contributed by atoms with Gasteiger partial charge in [-0.25, -0.2) is 4.40 Å². The van der Waals surface area contributed by atoms with Crippen molar-refractivity contribution in [2.24, 2.45) is 10.1 Å². The zero-order valence-corrected chi connectivity index (χ0v) is 11.2. The molecule has 0 aromatic heterocycles. The van der Waals surface area contributed by atoms with Gasteiger partial charge in [0.05, 0.1) is 0 Å². The number of rotatable bonds is 4. The van der Waals surface area contributed by atoms with Gasteiger partial charge in [0, 0.05) is 13.1 Å². The largest absolute Gasteiger partial charge is 0.369 e. The summed E-state index contributed by atoms with van der Waals surface area (Å²) in [5, 5.41) is 0. The monoisotopic (exact) mass is 219 g/mol. The van der Waals surface area contributed by atoms with E-state index in [0.717, 1.165) is 12.8 Å². The van der Waals surface area contributed by atoms with E-state index in [4.69, 9.17) is 5.73 Å². The maximum Gasteiger partial charge on any atom is 0.201 e. The molecular weight excluding hydrogens is 194 g/mol. The number of nitrogens with two attached hydrogens (primary N) is 1. The van der Waals surface area contributed by atoms with E-state index in [1.165, 1.54) is 0 Å². The van der Waals surface area contributed by atoms with Gasteiger partial charge < -0.3 is 10.6 Å². The summed E-state index contributed by atoms with van der Waals surface area (Å²) in [6.45, 7) is 4.36. The van der Waals surface area contributed by atoms with E-state index < -0.39 is 10.2 Å². The molecule has 0 unspecified atom stereocenters. The van der Waals surface area contributed by atoms with Gasteiger partial charge in [0.25, 0.3) is 0 Å². The topological polar surface area (TPSA) is 41.6 Å². The van der Waals surface area contributed by atoms with E-state index in [9.17, 15) is 0 Å². The summed E-state index contributed by atoms with van der Waals surface area (Å²) in [5.41, 5.74) is 5.95. The normalized spacial score (nSPS) is 14.6. The first-order chi connectivity index (χ1) is 6.31. The Morgan fingerprint density at radius 2 is 1.71 bits per heavy atom. The Labute approximate surface area is 90.2 Å². The summed E-state index contributed by atoms with van der Waals surface area (Å²) in [5.74, 6) is 0.682. The molecule has 0 spiro atoms. The first-order valence-electron chi connectivity index (χ1n) is 5.08. The molecule has 0 aromatic carbocycles. The summed E-state index contributed by atoms with van der Waals surface area (Å²) >= 11 is 0. The van der Waals surface area contributed by atoms with E-state index in [1.54, 1.807) is 0 Å². The van der Waals surface area contributed by atoms with Crippen molar-refractivity contribution in [3.63, 3.8) is 0 Å². The maximum absolute atomic E-state index is 5.95. The number of hydrogen-bond acceptors (Lipinski definition) is 1. The zero-order valence-electron chi connectivity index (χ0n) is 10.4. The Kier molecular flexibility index (Phi) is 5.34. The molecule has 0 aromatic rings. The van der Waals surface area contributed by atoms with Crippen molar-refractivity contribution in [3.05, 3.63) is 0 Å². The first kappa shape index (κ1) is 13.6. The van der Waals surface area contributed by atoms with Crippen molar-refractivity contribution < 1.29 is 0 Å². The minimum atomic E-state index is -0.897. The fraction of sp³-hybridized carbons (Fsp3) is 0.900. The third kappa shape index (κ3) is 4.74. The Bertz CT molecular complexity index is 192. The quantitative estimate of drug-likeness (QED) is 0.580. The third-order valence-electron chi connectivity index (χ3n) is 2.22. The summed E-state index contributed by atoms with van der Waals surface area (Å²) in [4.78, 5) is 2.10. The van der Waals surface area contributed by atoms with Crippen LogP contribution in [0.3, 0.4) is 0 Å². The summed E-state index contributed by atoms with van der Waals surface area (Å²) < 4.78 is 4.53. The SMILES string of the molecule is CCC(CC)N(C)C(N)=NS(C)(C)C. The van der Waals surface area contributed by atoms with Gasteiger partial charge in [-0.15, -0.1) is 0 Å². The molecule has 14 heavy (non-hydrogen) atoms. The lowest BCUT2D eigenvalue weighted by Gasteiger charge is -2.30. The van der Waals surface area contributed by atoms with Gasteiger partial charge in [0.2, 0.25) is 5.96 Å². The van der Waals surface area contributed by atoms with Crippen molar-refractivity contribution in [1.29, 1.82) is 0 Å². The average Bonchev–Trinajstić information content (AvgIpc) is 2.03. The smallest absolute Gasteiger partial charge is 0.201 e. The van der Waals surface area contributed by atoms with E-state index in [2.05, 4.69) is 41.9 Å². The number of nitrogens with zero attached hydrogens (tertiary/aromatic N) is 2.